The maximum Gasteiger partial charge on any atom is 0.345 e. The molecule has 13 heteroatoms. The third-order valence-corrected chi connectivity index (χ3v) is 8.39. The van der Waals surface area contributed by atoms with Crippen LogP contribution in [0.15, 0.2) is 24.0 Å². The van der Waals surface area contributed by atoms with Crippen LogP contribution in [0.4, 0.5) is 0 Å². The van der Waals surface area contributed by atoms with Gasteiger partial charge in [-0.2, -0.15) is 0 Å². The molecule has 6 atom stereocenters. The van der Waals surface area contributed by atoms with E-state index < -0.39 is 66.0 Å². The van der Waals surface area contributed by atoms with Gasteiger partial charge < -0.3 is 44.6 Å². The van der Waals surface area contributed by atoms with Crippen LogP contribution in [-0.2, 0) is 47.1 Å². The molecule has 39 heavy (non-hydrogen) atoms. The summed E-state index contributed by atoms with van der Waals surface area (Å²) in [6.45, 7) is 0.331. The number of hydrogen-bond acceptors (Lipinski definition) is 11. The number of benzene rings is 1. The van der Waals surface area contributed by atoms with Crippen LogP contribution in [0.1, 0.15) is 42.4 Å². The van der Waals surface area contributed by atoms with Gasteiger partial charge in [0.05, 0.1) is 30.5 Å². The van der Waals surface area contributed by atoms with E-state index in [4.69, 9.17) is 19.7 Å². The molecule has 1 saturated heterocycles. The topological polar surface area (TPSA) is 200 Å². The van der Waals surface area contributed by atoms with Crippen molar-refractivity contribution >= 4 is 23.9 Å². The van der Waals surface area contributed by atoms with Crippen molar-refractivity contribution in [1.82, 2.24) is 4.90 Å². The first-order chi connectivity index (χ1) is 18.4. The zero-order valence-electron chi connectivity index (χ0n) is 21.0. The Morgan fingerprint density at radius 2 is 1.95 bits per heavy atom. The van der Waals surface area contributed by atoms with Crippen molar-refractivity contribution < 1.29 is 58.9 Å². The number of likely N-dealkylation sites (N-methyl/N-ethyl adjacent to an activating group) is 1. The molecular formula is C26H29NO12. The lowest BCUT2D eigenvalue weighted by Gasteiger charge is -2.61. The quantitative estimate of drug-likeness (QED) is 0.241. The zero-order valence-corrected chi connectivity index (χ0v) is 21.0. The highest BCUT2D eigenvalue weighted by Crippen LogP contribution is 2.64. The number of hydrogen-bond donors (Lipinski definition) is 5. The molecule has 5 rings (SSSR count). The molecule has 2 aliphatic carbocycles. The molecule has 1 spiro atoms. The number of likely N-dealkylation sites (tertiary alicyclic amines) is 1. The third-order valence-electron chi connectivity index (χ3n) is 8.39. The number of ether oxygens (including phenoxy) is 3. The average Bonchev–Trinajstić information content (AvgIpc) is 3.22. The predicted molar refractivity (Wildman–Crippen MR) is 127 cm³/mol. The number of carbonyl (C=O) groups excluding carboxylic acids is 2. The number of piperidine rings is 1. The van der Waals surface area contributed by atoms with Crippen LogP contribution in [0, 0.1) is 0 Å². The first kappa shape index (κ1) is 27.1. The van der Waals surface area contributed by atoms with Crippen LogP contribution in [0.2, 0.25) is 0 Å². The Bertz CT molecular complexity index is 1280. The van der Waals surface area contributed by atoms with Gasteiger partial charge in [-0.15, -0.1) is 0 Å². The Morgan fingerprint density at radius 3 is 2.62 bits per heavy atom. The molecule has 0 aromatic heterocycles. The molecular weight excluding hydrogens is 518 g/mol. The molecule has 1 aromatic carbocycles. The summed E-state index contributed by atoms with van der Waals surface area (Å²) in [4.78, 5) is 48.9. The average molecular weight is 548 g/mol. The van der Waals surface area contributed by atoms with Gasteiger partial charge in [-0.3, -0.25) is 9.59 Å². The molecule has 1 fully saturated rings. The van der Waals surface area contributed by atoms with Crippen molar-refractivity contribution in [3.8, 4) is 5.75 Å². The van der Waals surface area contributed by atoms with Crippen LogP contribution in [0.25, 0.3) is 0 Å². The van der Waals surface area contributed by atoms with Gasteiger partial charge in [0.1, 0.15) is 11.5 Å². The minimum Gasteiger partial charge on any atom is -0.481 e. The summed E-state index contributed by atoms with van der Waals surface area (Å²) in [5.41, 5.74) is 0.0501. The zero-order chi connectivity index (χ0) is 28.3. The third kappa shape index (κ3) is 4.07. The van der Waals surface area contributed by atoms with Gasteiger partial charge in [0.25, 0.3) is 0 Å². The largest absolute Gasteiger partial charge is 0.481 e. The molecule has 2 bridgehead atoms. The highest BCUT2D eigenvalue weighted by Gasteiger charge is 2.71. The predicted octanol–water partition coefficient (Wildman–Crippen LogP) is -0.778. The second kappa shape index (κ2) is 9.59. The standard InChI is InChI=1S/C26H29NO12/c1-27-7-6-25-20-12-2-3-13(11-28)21(20)39-22(25)15(4-5-26(25,36)17(27)8-12)38-24(35)14(29)9-19(32)37-16(23(33)34)10-18(30)31/h2-4,14,16-17,22,28-29,36H,5-11H2,1H3,(H,30,31)(H,33,34)/t14-,16+,17+,22-,25-,26+/m0/s1. The van der Waals surface area contributed by atoms with E-state index in [0.29, 0.717) is 30.7 Å². The summed E-state index contributed by atoms with van der Waals surface area (Å²) >= 11 is 0. The summed E-state index contributed by atoms with van der Waals surface area (Å²) in [5.74, 6) is -5.25. The number of rotatable bonds is 9. The molecule has 1 aromatic rings. The molecule has 0 unspecified atom stereocenters. The molecule has 4 aliphatic rings. The van der Waals surface area contributed by atoms with Crippen molar-refractivity contribution in [2.24, 2.45) is 0 Å². The summed E-state index contributed by atoms with van der Waals surface area (Å²) in [6, 6.07) is 3.44. The van der Waals surface area contributed by atoms with E-state index in [1.807, 2.05) is 13.1 Å². The molecule has 0 radical (unpaired) electrons. The number of aliphatic hydroxyl groups excluding tert-OH is 2. The van der Waals surface area contributed by atoms with Gasteiger partial charge in [-0.1, -0.05) is 12.1 Å². The Labute approximate surface area is 222 Å². The van der Waals surface area contributed by atoms with Crippen molar-refractivity contribution in [1.29, 1.82) is 0 Å². The normalized spacial score (nSPS) is 29.8. The molecule has 2 heterocycles. The van der Waals surface area contributed by atoms with Crippen LogP contribution >= 0.6 is 0 Å². The van der Waals surface area contributed by atoms with Gasteiger partial charge in [0, 0.05) is 23.6 Å². The maximum absolute atomic E-state index is 12.8. The summed E-state index contributed by atoms with van der Waals surface area (Å²) < 4.78 is 16.4. The Hall–Kier alpha value is -3.52. The van der Waals surface area contributed by atoms with Crippen LogP contribution in [-0.4, -0.2) is 97.9 Å². The van der Waals surface area contributed by atoms with Gasteiger partial charge in [0.15, 0.2) is 12.2 Å². The molecule has 0 saturated carbocycles. The van der Waals surface area contributed by atoms with E-state index >= 15 is 0 Å². The molecule has 2 aliphatic heterocycles. The van der Waals surface area contributed by atoms with E-state index in [9.17, 15) is 34.5 Å². The smallest absolute Gasteiger partial charge is 0.345 e. The lowest BCUT2D eigenvalue weighted by atomic mass is 9.50. The molecule has 210 valence electrons. The number of aliphatic carboxylic acids is 2. The second-order valence-corrected chi connectivity index (χ2v) is 10.5. The van der Waals surface area contributed by atoms with Crippen LogP contribution in [0.5, 0.6) is 5.75 Å². The number of nitrogens with zero attached hydrogens (tertiary/aromatic N) is 1. The van der Waals surface area contributed by atoms with Crippen molar-refractivity contribution in [2.75, 3.05) is 13.6 Å². The van der Waals surface area contributed by atoms with Gasteiger partial charge in [-0.25, -0.2) is 9.59 Å². The van der Waals surface area contributed by atoms with Crippen molar-refractivity contribution in [3.05, 3.63) is 40.7 Å². The van der Waals surface area contributed by atoms with Gasteiger partial charge in [-0.05, 0) is 38.1 Å². The summed E-state index contributed by atoms with van der Waals surface area (Å²) in [6.07, 6.45) is -4.23. The summed E-state index contributed by atoms with van der Waals surface area (Å²) in [7, 11) is 1.94. The number of carboxylic acid groups (broad SMARTS) is 2. The highest BCUT2D eigenvalue weighted by molar-refractivity contribution is 5.85. The minimum atomic E-state index is -2.04. The molecule has 0 amide bonds. The number of carboxylic acids is 2. The number of carbonyl (C=O) groups is 4. The maximum atomic E-state index is 12.8. The Balaban J connectivity index is 1.38. The summed E-state index contributed by atoms with van der Waals surface area (Å²) in [5, 5.41) is 50.2. The van der Waals surface area contributed by atoms with Crippen LogP contribution < -0.4 is 4.74 Å². The fourth-order valence-electron chi connectivity index (χ4n) is 6.60. The SMILES string of the molecule is CN1CC[C@]23c4c5ccc(CO)c4O[C@H]2C(OC(=O)[C@@H](O)CC(=O)O[C@H](CC(=O)O)C(=O)O)=CC[C@@]3(O)[C@H]1C5. The highest BCUT2D eigenvalue weighted by atomic mass is 16.6. The van der Waals surface area contributed by atoms with Gasteiger partial charge in [0.2, 0.25) is 6.10 Å². The van der Waals surface area contributed by atoms with Crippen molar-refractivity contribution in [3.63, 3.8) is 0 Å². The Kier molecular flexibility index (Phi) is 6.66. The molecule has 5 N–H and O–H groups in total. The Morgan fingerprint density at radius 1 is 1.21 bits per heavy atom. The van der Waals surface area contributed by atoms with E-state index in [0.717, 1.165) is 11.1 Å². The first-order valence-electron chi connectivity index (χ1n) is 12.5. The monoisotopic (exact) mass is 547 g/mol. The number of aliphatic hydroxyl groups is 3. The fraction of sp³-hybridized carbons (Fsp3) is 0.538. The van der Waals surface area contributed by atoms with Crippen LogP contribution in [0.3, 0.4) is 0 Å². The van der Waals surface area contributed by atoms with E-state index in [1.54, 1.807) is 6.07 Å². The van der Waals surface area contributed by atoms with E-state index in [2.05, 4.69) is 9.64 Å². The van der Waals surface area contributed by atoms with E-state index in [1.165, 1.54) is 6.08 Å². The van der Waals surface area contributed by atoms with E-state index in [-0.39, 0.29) is 24.8 Å². The lowest BCUT2D eigenvalue weighted by Crippen LogP contribution is -2.74. The second-order valence-electron chi connectivity index (χ2n) is 10.5. The minimum absolute atomic E-state index is 0.0441. The molecule has 13 nitrogen and oxygen atoms in total. The van der Waals surface area contributed by atoms with Gasteiger partial charge >= 0.3 is 23.9 Å². The van der Waals surface area contributed by atoms with Crippen molar-refractivity contribution in [2.45, 2.75) is 74.1 Å². The lowest BCUT2D eigenvalue weighted by molar-refractivity contribution is -0.175. The fourth-order valence-corrected chi connectivity index (χ4v) is 6.60. The first-order valence-corrected chi connectivity index (χ1v) is 12.5. The number of esters is 2.